The van der Waals surface area contributed by atoms with Crippen LogP contribution in [-0.2, 0) is 4.74 Å². The van der Waals surface area contributed by atoms with E-state index in [1.165, 1.54) is 57.8 Å². The molecule has 0 aliphatic rings. The minimum atomic E-state index is 0.865. The Balaban J connectivity index is -0.000000224. The maximum absolute atomic E-state index is 5.14. The Kier molecular flexibility index (Phi) is 38.8. The molecule has 0 rings (SSSR count). The van der Waals surface area contributed by atoms with Gasteiger partial charge in [0.25, 0.3) is 0 Å². The number of ether oxygens (including phenoxy) is 1. The van der Waals surface area contributed by atoms with E-state index in [1.54, 1.807) is 0 Å². The Bertz CT molecular complexity index is 83.4. The molecule has 0 spiro atoms. The summed E-state index contributed by atoms with van der Waals surface area (Å²) < 4.78 is 5.14. The highest BCUT2D eigenvalue weighted by molar-refractivity contribution is 4.39. The third kappa shape index (κ3) is 46.2. The Morgan fingerprint density at radius 2 is 1.00 bits per heavy atom. The predicted octanol–water partition coefficient (Wildman–Crippen LogP) is 5.42. The number of hydrogen-bond acceptors (Lipinski definition) is 2. The van der Waals surface area contributed by atoms with E-state index < -0.39 is 0 Å². The Morgan fingerprint density at radius 3 is 1.32 bits per heavy atom. The van der Waals surface area contributed by atoms with Gasteiger partial charge < -0.3 is 10.1 Å². The molecule has 0 aromatic heterocycles. The Labute approximate surface area is 123 Å². The number of unbranched alkanes of at least 4 members (excludes halogenated alkanes) is 7. The molecule has 0 amide bonds. The molecule has 2 heteroatoms. The van der Waals surface area contributed by atoms with E-state index in [0.717, 1.165) is 13.2 Å². The van der Waals surface area contributed by atoms with Crippen LogP contribution in [0.3, 0.4) is 0 Å². The SMILES string of the molecule is CCCCCCCC.CCCCCOCC.CNC. The van der Waals surface area contributed by atoms with Gasteiger partial charge in [-0.2, -0.15) is 0 Å². The van der Waals surface area contributed by atoms with Gasteiger partial charge in [0.2, 0.25) is 0 Å². The summed E-state index contributed by atoms with van der Waals surface area (Å²) >= 11 is 0. The van der Waals surface area contributed by atoms with Gasteiger partial charge in [0.1, 0.15) is 0 Å². The summed E-state index contributed by atoms with van der Waals surface area (Å²) in [5, 5.41) is 2.75. The van der Waals surface area contributed by atoms with Crippen molar-refractivity contribution in [1.29, 1.82) is 0 Å². The molecule has 0 heterocycles. The molecular formula is C17H41NO. The van der Waals surface area contributed by atoms with Crippen molar-refractivity contribution in [2.45, 2.75) is 85.5 Å². The average molecular weight is 276 g/mol. The fraction of sp³-hybridized carbons (Fsp3) is 1.00. The molecule has 0 atom stereocenters. The second kappa shape index (κ2) is 30.7. The molecular weight excluding hydrogens is 234 g/mol. The number of nitrogens with one attached hydrogen (secondary N) is 1. The highest BCUT2D eigenvalue weighted by Gasteiger charge is 1.83. The van der Waals surface area contributed by atoms with Crippen LogP contribution in [0.1, 0.15) is 85.5 Å². The lowest BCUT2D eigenvalue weighted by Crippen LogP contribution is -1.91. The van der Waals surface area contributed by atoms with Gasteiger partial charge in [-0.3, -0.25) is 0 Å². The van der Waals surface area contributed by atoms with E-state index in [9.17, 15) is 0 Å². The Hall–Kier alpha value is -0.0800. The zero-order valence-corrected chi connectivity index (χ0v) is 14.7. The molecule has 0 aliphatic heterocycles. The second-order valence-corrected chi connectivity index (χ2v) is 4.82. The van der Waals surface area contributed by atoms with Crippen LogP contribution in [0.4, 0.5) is 0 Å². The average Bonchev–Trinajstić information content (AvgIpc) is 2.42. The molecule has 0 aliphatic carbocycles. The molecule has 0 unspecified atom stereocenters. The van der Waals surface area contributed by atoms with Crippen LogP contribution < -0.4 is 5.32 Å². The molecule has 0 saturated heterocycles. The van der Waals surface area contributed by atoms with Crippen LogP contribution >= 0.6 is 0 Å². The molecule has 0 aromatic carbocycles. The van der Waals surface area contributed by atoms with Crippen LogP contribution in [0.2, 0.25) is 0 Å². The predicted molar refractivity (Wildman–Crippen MR) is 90.1 cm³/mol. The number of rotatable bonds is 10. The van der Waals surface area contributed by atoms with Crippen molar-refractivity contribution >= 4 is 0 Å². The van der Waals surface area contributed by atoms with E-state index in [1.807, 2.05) is 21.0 Å². The van der Waals surface area contributed by atoms with Gasteiger partial charge in [-0.25, -0.2) is 0 Å². The lowest BCUT2D eigenvalue weighted by Gasteiger charge is -1.96. The van der Waals surface area contributed by atoms with Crippen molar-refractivity contribution in [3.63, 3.8) is 0 Å². The topological polar surface area (TPSA) is 21.3 Å². The summed E-state index contributed by atoms with van der Waals surface area (Å²) in [6.07, 6.45) is 12.3. The smallest absolute Gasteiger partial charge is 0.0465 e. The van der Waals surface area contributed by atoms with Crippen molar-refractivity contribution in [3.8, 4) is 0 Å². The molecule has 0 saturated carbocycles. The first-order chi connectivity index (χ1) is 9.24. The van der Waals surface area contributed by atoms with Crippen LogP contribution in [0.25, 0.3) is 0 Å². The first kappa shape index (κ1) is 24.0. The first-order valence-corrected chi connectivity index (χ1v) is 8.41. The summed E-state index contributed by atoms with van der Waals surface area (Å²) in [6, 6.07) is 0. The molecule has 0 fully saturated rings. The summed E-state index contributed by atoms with van der Waals surface area (Å²) in [7, 11) is 3.75. The van der Waals surface area contributed by atoms with E-state index in [0.29, 0.717) is 0 Å². The molecule has 2 nitrogen and oxygen atoms in total. The summed E-state index contributed by atoms with van der Waals surface area (Å²) in [5.41, 5.74) is 0. The van der Waals surface area contributed by atoms with Gasteiger partial charge >= 0.3 is 0 Å². The van der Waals surface area contributed by atoms with Crippen LogP contribution in [-0.4, -0.2) is 27.3 Å². The van der Waals surface area contributed by atoms with Gasteiger partial charge in [-0.15, -0.1) is 0 Å². The van der Waals surface area contributed by atoms with Crippen LogP contribution in [0.5, 0.6) is 0 Å². The fourth-order valence-electron chi connectivity index (χ4n) is 1.45. The molecule has 0 radical (unpaired) electrons. The van der Waals surface area contributed by atoms with Gasteiger partial charge in [0, 0.05) is 13.2 Å². The molecule has 1 N–H and O–H groups in total. The maximum atomic E-state index is 5.14. The van der Waals surface area contributed by atoms with E-state index in [-0.39, 0.29) is 0 Å². The first-order valence-electron chi connectivity index (χ1n) is 8.41. The van der Waals surface area contributed by atoms with Gasteiger partial charge in [-0.05, 0) is 27.4 Å². The largest absolute Gasteiger partial charge is 0.382 e. The molecule has 0 bridgehead atoms. The summed E-state index contributed by atoms with van der Waals surface area (Å²) in [6.45, 7) is 10.6. The van der Waals surface area contributed by atoms with Gasteiger partial charge in [-0.1, -0.05) is 72.1 Å². The zero-order valence-electron chi connectivity index (χ0n) is 14.7. The highest BCUT2D eigenvalue weighted by Crippen LogP contribution is 2.03. The lowest BCUT2D eigenvalue weighted by atomic mass is 10.1. The third-order valence-corrected chi connectivity index (χ3v) is 2.55. The van der Waals surface area contributed by atoms with Crippen molar-refractivity contribution < 1.29 is 4.74 Å². The van der Waals surface area contributed by atoms with E-state index in [2.05, 4.69) is 26.1 Å². The molecule has 120 valence electrons. The Morgan fingerprint density at radius 1 is 0.632 bits per heavy atom. The quantitative estimate of drug-likeness (QED) is 0.538. The van der Waals surface area contributed by atoms with Crippen LogP contribution in [0.15, 0.2) is 0 Å². The minimum absolute atomic E-state index is 0.865. The minimum Gasteiger partial charge on any atom is -0.382 e. The molecule has 0 aromatic rings. The number of hydrogen-bond donors (Lipinski definition) is 1. The van der Waals surface area contributed by atoms with E-state index >= 15 is 0 Å². The van der Waals surface area contributed by atoms with E-state index in [4.69, 9.17) is 4.74 Å². The standard InChI is InChI=1S/C8H18.C7H16O.C2H7N/c1-3-5-7-8-6-4-2;1-3-5-6-7-8-4-2;1-3-2/h3-8H2,1-2H3;3-7H2,1-2H3;3H,1-2H3. The van der Waals surface area contributed by atoms with Crippen LogP contribution in [0, 0.1) is 0 Å². The van der Waals surface area contributed by atoms with Gasteiger partial charge in [0.15, 0.2) is 0 Å². The highest BCUT2D eigenvalue weighted by atomic mass is 16.5. The normalized spacial score (nSPS) is 9.16. The monoisotopic (exact) mass is 275 g/mol. The van der Waals surface area contributed by atoms with Crippen molar-refractivity contribution in [3.05, 3.63) is 0 Å². The summed E-state index contributed by atoms with van der Waals surface area (Å²) in [4.78, 5) is 0. The third-order valence-electron chi connectivity index (χ3n) is 2.55. The zero-order chi connectivity index (χ0) is 15.2. The summed E-state index contributed by atoms with van der Waals surface area (Å²) in [5.74, 6) is 0. The van der Waals surface area contributed by atoms with Crippen molar-refractivity contribution in [2.75, 3.05) is 27.3 Å². The lowest BCUT2D eigenvalue weighted by molar-refractivity contribution is 0.143. The second-order valence-electron chi connectivity index (χ2n) is 4.82. The fourth-order valence-corrected chi connectivity index (χ4v) is 1.45. The maximum Gasteiger partial charge on any atom is 0.0465 e. The van der Waals surface area contributed by atoms with Crippen molar-refractivity contribution in [2.24, 2.45) is 0 Å². The van der Waals surface area contributed by atoms with Crippen molar-refractivity contribution in [1.82, 2.24) is 5.32 Å². The van der Waals surface area contributed by atoms with Gasteiger partial charge in [0.05, 0.1) is 0 Å². The molecule has 19 heavy (non-hydrogen) atoms.